The van der Waals surface area contributed by atoms with Gasteiger partial charge in [0, 0.05) is 12.1 Å². The molecular formula is C25H27IN2O5S. The highest BCUT2D eigenvalue weighted by molar-refractivity contribution is 14.1. The van der Waals surface area contributed by atoms with Gasteiger partial charge in [-0.2, -0.15) is 0 Å². The summed E-state index contributed by atoms with van der Waals surface area (Å²) in [6.07, 6.45) is 1.84. The highest BCUT2D eigenvalue weighted by Gasteiger charge is 2.35. The molecule has 1 heterocycles. The molecule has 34 heavy (non-hydrogen) atoms. The van der Waals surface area contributed by atoms with E-state index in [4.69, 9.17) is 9.47 Å². The molecule has 9 heteroatoms. The minimum Gasteiger partial charge on any atom is -0.493 e. The summed E-state index contributed by atoms with van der Waals surface area (Å²) in [7, 11) is 1.56. The molecule has 0 saturated carbocycles. The lowest BCUT2D eigenvalue weighted by molar-refractivity contribution is -0.123. The van der Waals surface area contributed by atoms with E-state index < -0.39 is 5.97 Å². The molecule has 0 radical (unpaired) electrons. The number of methoxy groups -OCH3 is 1. The third-order valence-corrected chi connectivity index (χ3v) is 6.63. The summed E-state index contributed by atoms with van der Waals surface area (Å²) in [5, 5.41) is 9.90. The van der Waals surface area contributed by atoms with Crippen LogP contribution in [0.15, 0.2) is 46.3 Å². The Kier molecular flexibility index (Phi) is 8.64. The molecule has 2 aromatic carbocycles. The Balaban J connectivity index is 1.87. The number of halogens is 1. The molecule has 7 nitrogen and oxygen atoms in total. The molecule has 1 aliphatic rings. The highest BCUT2D eigenvalue weighted by Crippen LogP contribution is 2.38. The number of carboxylic acid groups (broad SMARTS) is 1. The average molecular weight is 594 g/mol. The van der Waals surface area contributed by atoms with Crippen LogP contribution in [0.2, 0.25) is 0 Å². The first kappa shape index (κ1) is 26.1. The maximum Gasteiger partial charge on any atom is 0.335 e. The number of carbonyl (C=O) groups is 2. The molecule has 2 aromatic rings. The van der Waals surface area contributed by atoms with Crippen LogP contribution in [0, 0.1) is 3.57 Å². The number of carboxylic acids is 1. The Bertz CT molecular complexity index is 1160. The number of hydrogen-bond donors (Lipinski definition) is 1. The first-order valence-electron chi connectivity index (χ1n) is 10.7. The Labute approximate surface area is 217 Å². The van der Waals surface area contributed by atoms with Crippen LogP contribution in [0.1, 0.15) is 49.2 Å². The second-order valence-electron chi connectivity index (χ2n) is 8.21. The van der Waals surface area contributed by atoms with Gasteiger partial charge in [-0.25, -0.2) is 4.79 Å². The van der Waals surface area contributed by atoms with Crippen molar-refractivity contribution in [2.24, 2.45) is 4.99 Å². The number of benzene rings is 2. The minimum absolute atomic E-state index is 0.00785. The van der Waals surface area contributed by atoms with Gasteiger partial charge in [-0.1, -0.05) is 12.1 Å². The number of aliphatic imine (C=N–C) groups is 1. The summed E-state index contributed by atoms with van der Waals surface area (Å²) >= 11 is 3.55. The van der Waals surface area contributed by atoms with E-state index in [1.807, 2.05) is 52.0 Å². The molecule has 0 unspecified atom stereocenters. The SMILES string of the molecule is COc1cc(/C=C2/SC(=NC(C)C)N(C(C)C)C2=O)cc(I)c1OCc1cccc(C(=O)O)c1. The molecule has 0 spiro atoms. The van der Waals surface area contributed by atoms with Crippen molar-refractivity contribution >= 4 is 57.5 Å². The van der Waals surface area contributed by atoms with Crippen molar-refractivity contribution < 1.29 is 24.2 Å². The van der Waals surface area contributed by atoms with Crippen LogP contribution in [-0.2, 0) is 11.4 Å². The molecule has 1 N–H and O–H groups in total. The van der Waals surface area contributed by atoms with Gasteiger partial charge in [0.25, 0.3) is 5.91 Å². The molecular weight excluding hydrogens is 567 g/mol. The van der Waals surface area contributed by atoms with Crippen LogP contribution in [0.5, 0.6) is 11.5 Å². The Morgan fingerprint density at radius 2 is 1.97 bits per heavy atom. The van der Waals surface area contributed by atoms with Crippen LogP contribution in [-0.4, -0.2) is 46.2 Å². The van der Waals surface area contributed by atoms with Crippen molar-refractivity contribution in [3.63, 3.8) is 0 Å². The van der Waals surface area contributed by atoms with Crippen LogP contribution in [0.25, 0.3) is 6.08 Å². The number of aromatic carboxylic acids is 1. The Morgan fingerprint density at radius 3 is 2.59 bits per heavy atom. The van der Waals surface area contributed by atoms with Gasteiger partial charge in [0.1, 0.15) is 6.61 Å². The predicted molar refractivity (Wildman–Crippen MR) is 144 cm³/mol. The number of carbonyl (C=O) groups excluding carboxylic acids is 1. The van der Waals surface area contributed by atoms with E-state index in [1.165, 1.54) is 11.8 Å². The first-order chi connectivity index (χ1) is 16.1. The lowest BCUT2D eigenvalue weighted by atomic mass is 10.1. The fourth-order valence-corrected chi connectivity index (χ4v) is 5.33. The van der Waals surface area contributed by atoms with Crippen LogP contribution in [0.4, 0.5) is 0 Å². The minimum atomic E-state index is -0.983. The van der Waals surface area contributed by atoms with E-state index in [0.717, 1.165) is 14.7 Å². The molecule has 3 rings (SSSR count). The maximum atomic E-state index is 13.0. The Hall–Kier alpha value is -2.53. The van der Waals surface area contributed by atoms with Crippen molar-refractivity contribution in [1.82, 2.24) is 4.90 Å². The third-order valence-electron chi connectivity index (χ3n) is 4.83. The molecule has 180 valence electrons. The highest BCUT2D eigenvalue weighted by atomic mass is 127. The zero-order valence-electron chi connectivity index (χ0n) is 19.7. The van der Waals surface area contributed by atoms with E-state index in [9.17, 15) is 14.7 Å². The molecule has 0 bridgehead atoms. The number of amides is 1. The fourth-order valence-electron chi connectivity index (χ4n) is 3.32. The second-order valence-corrected chi connectivity index (χ2v) is 10.4. The maximum absolute atomic E-state index is 13.0. The Morgan fingerprint density at radius 1 is 1.24 bits per heavy atom. The quantitative estimate of drug-likeness (QED) is 0.313. The van der Waals surface area contributed by atoms with Crippen LogP contribution in [0.3, 0.4) is 0 Å². The van der Waals surface area contributed by atoms with Crippen molar-refractivity contribution in [3.8, 4) is 11.5 Å². The summed E-state index contributed by atoms with van der Waals surface area (Å²) in [5.74, 6) is 0.0398. The molecule has 1 aliphatic heterocycles. The number of rotatable bonds is 8. The van der Waals surface area contributed by atoms with Gasteiger partial charge in [-0.15, -0.1) is 0 Å². The van der Waals surface area contributed by atoms with Gasteiger partial charge in [0.2, 0.25) is 0 Å². The summed E-state index contributed by atoms with van der Waals surface area (Å²) in [4.78, 5) is 31.2. The normalized spacial score (nSPS) is 16.2. The number of nitrogens with zero attached hydrogens (tertiary/aromatic N) is 2. The monoisotopic (exact) mass is 594 g/mol. The van der Waals surface area contributed by atoms with Crippen LogP contribution < -0.4 is 9.47 Å². The average Bonchev–Trinajstić information content (AvgIpc) is 3.06. The van der Waals surface area contributed by atoms with Gasteiger partial charge in [0.15, 0.2) is 16.7 Å². The number of hydrogen-bond acceptors (Lipinski definition) is 6. The largest absolute Gasteiger partial charge is 0.493 e. The third kappa shape index (κ3) is 6.12. The van der Waals surface area contributed by atoms with Crippen molar-refractivity contribution in [2.75, 3.05) is 7.11 Å². The summed E-state index contributed by atoms with van der Waals surface area (Å²) in [5.41, 5.74) is 1.76. The predicted octanol–water partition coefficient (Wildman–Crippen LogP) is 5.67. The molecule has 1 fully saturated rings. The fraction of sp³-hybridized carbons (Fsp3) is 0.320. The second kappa shape index (κ2) is 11.3. The van der Waals surface area contributed by atoms with Gasteiger partial charge in [0.05, 0.1) is 21.1 Å². The number of ether oxygens (including phenoxy) is 2. The van der Waals surface area contributed by atoms with Gasteiger partial charge < -0.3 is 14.6 Å². The molecule has 1 saturated heterocycles. The van der Waals surface area contributed by atoms with E-state index in [2.05, 4.69) is 27.6 Å². The summed E-state index contributed by atoms with van der Waals surface area (Å²) < 4.78 is 12.4. The standard InChI is InChI=1S/C25H27IN2O5S/c1-14(2)27-25-28(15(3)4)23(29)21(34-25)12-17-10-19(26)22(20(11-17)32-5)33-13-16-7-6-8-18(9-16)24(30)31/h6-12,14-15H,13H2,1-5H3,(H,30,31)/b21-12+,27-25?. The van der Waals surface area contributed by atoms with Crippen molar-refractivity contribution in [1.29, 1.82) is 0 Å². The zero-order valence-corrected chi connectivity index (χ0v) is 22.6. The number of amidine groups is 1. The first-order valence-corrected chi connectivity index (χ1v) is 12.6. The van der Waals surface area contributed by atoms with Crippen LogP contribution >= 0.6 is 34.4 Å². The zero-order chi connectivity index (χ0) is 25.0. The van der Waals surface area contributed by atoms with E-state index >= 15 is 0 Å². The van der Waals surface area contributed by atoms with Gasteiger partial charge in [-0.05, 0) is 104 Å². The lowest BCUT2D eigenvalue weighted by Crippen LogP contribution is -2.35. The van der Waals surface area contributed by atoms with Crippen molar-refractivity contribution in [2.45, 2.75) is 46.4 Å². The van der Waals surface area contributed by atoms with E-state index in [0.29, 0.717) is 21.6 Å². The van der Waals surface area contributed by atoms with E-state index in [1.54, 1.807) is 30.2 Å². The lowest BCUT2D eigenvalue weighted by Gasteiger charge is -2.20. The molecule has 0 aliphatic carbocycles. The summed E-state index contributed by atoms with van der Waals surface area (Å²) in [6.45, 7) is 8.12. The molecule has 1 amide bonds. The summed E-state index contributed by atoms with van der Waals surface area (Å²) in [6, 6.07) is 10.5. The smallest absolute Gasteiger partial charge is 0.335 e. The molecule has 0 aromatic heterocycles. The number of thioether (sulfide) groups is 1. The van der Waals surface area contributed by atoms with Crippen molar-refractivity contribution in [3.05, 3.63) is 61.6 Å². The van der Waals surface area contributed by atoms with Gasteiger partial charge >= 0.3 is 5.97 Å². The molecule has 0 atom stereocenters. The van der Waals surface area contributed by atoms with Gasteiger partial charge in [-0.3, -0.25) is 14.7 Å². The topological polar surface area (TPSA) is 88.4 Å². The van der Waals surface area contributed by atoms with E-state index in [-0.39, 0.29) is 30.2 Å².